The number of nitrogens with zero attached hydrogens (tertiary/aromatic N) is 4. The number of piperazine rings is 1. The zero-order valence-corrected chi connectivity index (χ0v) is 17.8. The van der Waals surface area contributed by atoms with Gasteiger partial charge in [0.25, 0.3) is 5.91 Å². The largest absolute Gasteiger partial charge is 0.481 e. The highest BCUT2D eigenvalue weighted by Gasteiger charge is 2.26. The number of carbonyl (C=O) groups is 1. The van der Waals surface area contributed by atoms with Crippen molar-refractivity contribution in [3.8, 4) is 17.0 Å². The van der Waals surface area contributed by atoms with E-state index in [9.17, 15) is 9.18 Å². The third-order valence-electron chi connectivity index (χ3n) is 5.17. The molecule has 8 heteroatoms. The Labute approximate surface area is 185 Å². The van der Waals surface area contributed by atoms with Crippen molar-refractivity contribution in [3.05, 3.63) is 71.5 Å². The SMILES string of the molecule is CC(Oc1cccc(F)c1)C(=O)N1CCN(c2ccc(-c3ccccc3Cl)nn2)CC1. The average Bonchev–Trinajstić information content (AvgIpc) is 2.79. The Morgan fingerprint density at radius 3 is 2.48 bits per heavy atom. The molecule has 1 fully saturated rings. The standard InChI is InChI=1S/C23H22ClFN4O2/c1-16(31-18-6-4-5-17(25)15-18)23(30)29-13-11-28(12-14-29)22-10-9-21(26-27-22)19-7-2-3-8-20(19)24/h2-10,15-16H,11-14H2,1H3. The highest BCUT2D eigenvalue weighted by atomic mass is 35.5. The van der Waals surface area contributed by atoms with Crippen LogP contribution in [0.1, 0.15) is 6.92 Å². The lowest BCUT2D eigenvalue weighted by Crippen LogP contribution is -2.52. The molecule has 2 heterocycles. The number of hydrogen-bond acceptors (Lipinski definition) is 5. The van der Waals surface area contributed by atoms with E-state index in [0.717, 1.165) is 11.4 Å². The number of ether oxygens (including phenoxy) is 1. The van der Waals surface area contributed by atoms with Gasteiger partial charge in [-0.1, -0.05) is 35.9 Å². The molecule has 0 saturated carbocycles. The van der Waals surface area contributed by atoms with E-state index in [0.29, 0.717) is 42.6 Å². The summed E-state index contributed by atoms with van der Waals surface area (Å²) in [6.45, 7) is 4.04. The van der Waals surface area contributed by atoms with Crippen molar-refractivity contribution in [1.82, 2.24) is 15.1 Å². The lowest BCUT2D eigenvalue weighted by molar-refractivity contribution is -0.138. The van der Waals surface area contributed by atoms with Gasteiger partial charge >= 0.3 is 0 Å². The zero-order valence-electron chi connectivity index (χ0n) is 17.0. The lowest BCUT2D eigenvalue weighted by atomic mass is 10.1. The maximum Gasteiger partial charge on any atom is 0.263 e. The second-order valence-corrected chi connectivity index (χ2v) is 7.69. The minimum atomic E-state index is -0.692. The fraction of sp³-hybridized carbons (Fsp3) is 0.261. The van der Waals surface area contributed by atoms with Crippen LogP contribution in [0.3, 0.4) is 0 Å². The van der Waals surface area contributed by atoms with Crippen molar-refractivity contribution in [2.45, 2.75) is 13.0 Å². The van der Waals surface area contributed by atoms with Crippen LogP contribution in [0.4, 0.5) is 10.2 Å². The molecule has 1 aromatic heterocycles. The van der Waals surface area contributed by atoms with Gasteiger partial charge in [0, 0.05) is 37.8 Å². The summed E-state index contributed by atoms with van der Waals surface area (Å²) in [5, 5.41) is 9.29. The van der Waals surface area contributed by atoms with Crippen LogP contribution in [0.5, 0.6) is 5.75 Å². The van der Waals surface area contributed by atoms with E-state index >= 15 is 0 Å². The molecule has 1 aliphatic rings. The molecule has 0 aliphatic carbocycles. The minimum absolute atomic E-state index is 0.121. The molecule has 4 rings (SSSR count). The molecule has 1 unspecified atom stereocenters. The second kappa shape index (κ2) is 9.31. The van der Waals surface area contributed by atoms with Crippen LogP contribution in [0.2, 0.25) is 5.02 Å². The second-order valence-electron chi connectivity index (χ2n) is 7.29. The number of halogens is 2. The molecule has 0 bridgehead atoms. The molecule has 0 radical (unpaired) electrons. The molecule has 1 saturated heterocycles. The molecular weight excluding hydrogens is 419 g/mol. The Morgan fingerprint density at radius 1 is 1.03 bits per heavy atom. The fourth-order valence-electron chi connectivity index (χ4n) is 3.51. The molecule has 0 N–H and O–H groups in total. The Hall–Kier alpha value is -3.19. The van der Waals surface area contributed by atoms with Gasteiger partial charge in [0.15, 0.2) is 11.9 Å². The average molecular weight is 441 g/mol. The van der Waals surface area contributed by atoms with Crippen molar-refractivity contribution >= 4 is 23.3 Å². The first-order valence-corrected chi connectivity index (χ1v) is 10.4. The molecule has 1 atom stereocenters. The third kappa shape index (κ3) is 4.94. The predicted molar refractivity (Wildman–Crippen MR) is 118 cm³/mol. The first kappa shape index (κ1) is 21.1. The van der Waals surface area contributed by atoms with Crippen molar-refractivity contribution in [2.24, 2.45) is 0 Å². The summed E-state index contributed by atoms with van der Waals surface area (Å²) >= 11 is 6.23. The van der Waals surface area contributed by atoms with Gasteiger partial charge in [0.2, 0.25) is 0 Å². The van der Waals surface area contributed by atoms with E-state index in [1.165, 1.54) is 12.1 Å². The fourth-order valence-corrected chi connectivity index (χ4v) is 3.75. The van der Waals surface area contributed by atoms with E-state index in [4.69, 9.17) is 16.3 Å². The van der Waals surface area contributed by atoms with Gasteiger partial charge in [-0.2, -0.15) is 0 Å². The van der Waals surface area contributed by atoms with Crippen molar-refractivity contribution < 1.29 is 13.9 Å². The Morgan fingerprint density at radius 2 is 1.81 bits per heavy atom. The maximum atomic E-state index is 13.3. The molecule has 31 heavy (non-hydrogen) atoms. The molecule has 2 aromatic carbocycles. The van der Waals surface area contributed by atoms with Gasteiger partial charge in [-0.15, -0.1) is 10.2 Å². The molecular formula is C23H22ClFN4O2. The Bertz CT molecular complexity index is 1060. The van der Waals surface area contributed by atoms with Crippen LogP contribution in [-0.4, -0.2) is 53.3 Å². The Balaban J connectivity index is 1.34. The lowest BCUT2D eigenvalue weighted by Gasteiger charge is -2.36. The monoisotopic (exact) mass is 440 g/mol. The topological polar surface area (TPSA) is 58.6 Å². The van der Waals surface area contributed by atoms with Gasteiger partial charge in [0.1, 0.15) is 11.6 Å². The van der Waals surface area contributed by atoms with E-state index in [2.05, 4.69) is 15.1 Å². The van der Waals surface area contributed by atoms with Gasteiger partial charge in [-0.3, -0.25) is 4.79 Å². The molecule has 1 aliphatic heterocycles. The molecule has 3 aromatic rings. The summed E-state index contributed by atoms with van der Waals surface area (Å²) in [6.07, 6.45) is -0.692. The van der Waals surface area contributed by atoms with Gasteiger partial charge in [-0.05, 0) is 37.3 Å². The number of rotatable bonds is 5. The highest BCUT2D eigenvalue weighted by molar-refractivity contribution is 6.33. The molecule has 6 nitrogen and oxygen atoms in total. The summed E-state index contributed by atoms with van der Waals surface area (Å²) in [5.41, 5.74) is 1.55. The van der Waals surface area contributed by atoms with E-state index in [1.807, 2.05) is 36.4 Å². The number of carbonyl (C=O) groups excluding carboxylic acids is 1. The number of aromatic nitrogens is 2. The number of anilines is 1. The smallest absolute Gasteiger partial charge is 0.263 e. The van der Waals surface area contributed by atoms with Crippen molar-refractivity contribution in [1.29, 1.82) is 0 Å². The van der Waals surface area contributed by atoms with Gasteiger partial charge in [-0.25, -0.2) is 4.39 Å². The summed E-state index contributed by atoms with van der Waals surface area (Å²) in [5.74, 6) is 0.580. The van der Waals surface area contributed by atoms with Crippen LogP contribution in [0.25, 0.3) is 11.3 Å². The molecule has 160 valence electrons. The molecule has 0 spiro atoms. The van der Waals surface area contributed by atoms with Crippen LogP contribution in [-0.2, 0) is 4.79 Å². The van der Waals surface area contributed by atoms with Gasteiger partial charge in [0.05, 0.1) is 10.7 Å². The van der Waals surface area contributed by atoms with Crippen LogP contribution >= 0.6 is 11.6 Å². The van der Waals surface area contributed by atoms with Crippen molar-refractivity contribution in [2.75, 3.05) is 31.1 Å². The Kier molecular flexibility index (Phi) is 6.32. The summed E-state index contributed by atoms with van der Waals surface area (Å²) < 4.78 is 18.9. The number of benzene rings is 2. The predicted octanol–water partition coefficient (Wildman–Crippen LogP) is 4.05. The van der Waals surface area contributed by atoms with E-state index in [1.54, 1.807) is 24.0 Å². The normalized spacial score (nSPS) is 14.9. The first-order valence-electron chi connectivity index (χ1n) is 10.1. The van der Waals surface area contributed by atoms with E-state index < -0.39 is 11.9 Å². The quantitative estimate of drug-likeness (QED) is 0.599. The number of hydrogen-bond donors (Lipinski definition) is 0. The number of amides is 1. The zero-order chi connectivity index (χ0) is 21.8. The maximum absolute atomic E-state index is 13.3. The summed E-state index contributed by atoms with van der Waals surface area (Å²) in [4.78, 5) is 16.6. The molecule has 1 amide bonds. The highest BCUT2D eigenvalue weighted by Crippen LogP contribution is 2.26. The first-order chi connectivity index (χ1) is 15.0. The summed E-state index contributed by atoms with van der Waals surface area (Å²) in [6, 6.07) is 17.1. The third-order valence-corrected chi connectivity index (χ3v) is 5.50. The summed E-state index contributed by atoms with van der Waals surface area (Å²) in [7, 11) is 0. The van der Waals surface area contributed by atoms with Gasteiger partial charge < -0.3 is 14.5 Å². The van der Waals surface area contributed by atoms with E-state index in [-0.39, 0.29) is 5.91 Å². The van der Waals surface area contributed by atoms with Crippen molar-refractivity contribution in [3.63, 3.8) is 0 Å². The minimum Gasteiger partial charge on any atom is -0.481 e. The van der Waals surface area contributed by atoms with Crippen LogP contribution in [0, 0.1) is 5.82 Å². The van der Waals surface area contributed by atoms with Crippen LogP contribution < -0.4 is 9.64 Å². The van der Waals surface area contributed by atoms with Crippen LogP contribution in [0.15, 0.2) is 60.7 Å².